The van der Waals surface area contributed by atoms with Crippen molar-refractivity contribution in [2.45, 2.75) is 44.8 Å². The van der Waals surface area contributed by atoms with Crippen LogP contribution in [0.5, 0.6) is 5.88 Å². The van der Waals surface area contributed by atoms with E-state index in [1.54, 1.807) is 30.3 Å². The van der Waals surface area contributed by atoms with Gasteiger partial charge in [0.1, 0.15) is 18.2 Å². The number of alkyl halides is 3. The molecule has 53 heavy (non-hydrogen) atoms. The molecule has 1 amide bonds. The molecule has 0 saturated carbocycles. The average molecular weight is 746 g/mol. The lowest BCUT2D eigenvalue weighted by molar-refractivity contribution is -0.139. The standard InChI is InChI=1S/C38H32ClF4N7O3/c39-25-6-4-24(29(40)17-25)21-53-35-3-1-2-30(46-35)22-10-13-49(14-11-22)20-34-45-32-18-26(7-9-33(32)50(34)19-27-12-15-52-27)44-37(51)23-5-8-31-28(16-23)36(48-47-31)38(41,42)43/h1-10,16-18,27H,11-15,19-21H2,(H,44,51)(H,47,48)/t27-/m0/s1. The molecule has 2 N–H and O–H groups in total. The Hall–Kier alpha value is -5.31. The van der Waals surface area contributed by atoms with Crippen LogP contribution in [0.25, 0.3) is 27.5 Å². The number of imidazole rings is 1. The molecule has 3 aromatic heterocycles. The molecule has 6 aromatic rings. The number of hydrogen-bond acceptors (Lipinski definition) is 7. The summed E-state index contributed by atoms with van der Waals surface area (Å²) in [5.74, 6) is 0.264. The summed E-state index contributed by atoms with van der Waals surface area (Å²) in [6, 6.07) is 19.5. The first-order valence-corrected chi connectivity index (χ1v) is 17.4. The third kappa shape index (κ3) is 7.48. The zero-order valence-corrected chi connectivity index (χ0v) is 28.8. The summed E-state index contributed by atoms with van der Waals surface area (Å²) in [6.07, 6.45) is -0.741. The molecule has 3 aromatic carbocycles. The van der Waals surface area contributed by atoms with E-state index in [2.05, 4.69) is 36.0 Å². The molecule has 1 atom stereocenters. The van der Waals surface area contributed by atoms with E-state index < -0.39 is 23.6 Å². The number of H-pyrrole nitrogens is 1. The molecular weight excluding hydrogens is 714 g/mol. The second-order valence-electron chi connectivity index (χ2n) is 13.0. The lowest BCUT2D eigenvalue weighted by Gasteiger charge is -2.29. The fourth-order valence-electron chi connectivity index (χ4n) is 6.54. The van der Waals surface area contributed by atoms with Gasteiger partial charge in [0.05, 0.1) is 41.4 Å². The summed E-state index contributed by atoms with van der Waals surface area (Å²) in [5.41, 5.74) is 3.48. The van der Waals surface area contributed by atoms with Gasteiger partial charge in [0, 0.05) is 53.0 Å². The predicted octanol–water partition coefficient (Wildman–Crippen LogP) is 8.03. The molecule has 1 saturated heterocycles. The van der Waals surface area contributed by atoms with Crippen LogP contribution in [0, 0.1) is 5.82 Å². The zero-order valence-electron chi connectivity index (χ0n) is 28.1. The highest BCUT2D eigenvalue weighted by atomic mass is 35.5. The molecule has 15 heteroatoms. The molecule has 1 fully saturated rings. The molecule has 0 spiro atoms. The summed E-state index contributed by atoms with van der Waals surface area (Å²) >= 11 is 5.86. The Morgan fingerprint density at radius 3 is 2.70 bits per heavy atom. The minimum atomic E-state index is -4.66. The van der Waals surface area contributed by atoms with Crippen molar-refractivity contribution in [3.63, 3.8) is 0 Å². The van der Waals surface area contributed by atoms with Crippen molar-refractivity contribution < 1.29 is 31.8 Å². The summed E-state index contributed by atoms with van der Waals surface area (Å²) in [7, 11) is 0. The summed E-state index contributed by atoms with van der Waals surface area (Å²) in [6.45, 7) is 3.38. The van der Waals surface area contributed by atoms with E-state index >= 15 is 0 Å². The number of benzene rings is 3. The van der Waals surface area contributed by atoms with E-state index in [9.17, 15) is 22.4 Å². The maximum atomic E-state index is 14.2. The van der Waals surface area contributed by atoms with Gasteiger partial charge >= 0.3 is 6.18 Å². The molecule has 10 nitrogen and oxygen atoms in total. The maximum absolute atomic E-state index is 14.2. The van der Waals surface area contributed by atoms with Crippen LogP contribution in [0.2, 0.25) is 5.02 Å². The van der Waals surface area contributed by atoms with Gasteiger partial charge in [0.25, 0.3) is 5.91 Å². The summed E-state index contributed by atoms with van der Waals surface area (Å²) < 4.78 is 68.2. The van der Waals surface area contributed by atoms with Crippen molar-refractivity contribution in [2.75, 3.05) is 25.0 Å². The van der Waals surface area contributed by atoms with Gasteiger partial charge in [0.2, 0.25) is 5.88 Å². The number of nitrogens with zero attached hydrogens (tertiary/aromatic N) is 5. The SMILES string of the molecule is O=C(Nc1ccc2c(c1)nc(CN1CC=C(c3cccc(OCc4ccc(Cl)cc4F)n3)CC1)n2C[C@@H]1CCO1)c1ccc2[nH]nc(C(F)(F)F)c2c1. The number of aromatic nitrogens is 5. The normalized spacial score (nSPS) is 16.5. The van der Waals surface area contributed by atoms with Gasteiger partial charge in [-0.1, -0.05) is 29.8 Å². The maximum Gasteiger partial charge on any atom is 0.435 e. The number of anilines is 1. The van der Waals surface area contributed by atoms with Gasteiger partial charge in [-0.05, 0) is 73.0 Å². The number of ether oxygens (including phenoxy) is 2. The number of aromatic amines is 1. The van der Waals surface area contributed by atoms with Crippen LogP contribution >= 0.6 is 11.6 Å². The van der Waals surface area contributed by atoms with Crippen LogP contribution in [-0.4, -0.2) is 61.3 Å². The van der Waals surface area contributed by atoms with Crippen LogP contribution in [0.3, 0.4) is 0 Å². The minimum absolute atomic E-state index is 0.0292. The first-order chi connectivity index (χ1) is 25.6. The van der Waals surface area contributed by atoms with Crippen LogP contribution in [0.15, 0.2) is 78.9 Å². The number of pyridine rings is 1. The topological polar surface area (TPSA) is 110 Å². The second-order valence-corrected chi connectivity index (χ2v) is 13.4. The van der Waals surface area contributed by atoms with Crippen LogP contribution in [0.1, 0.15) is 46.0 Å². The Kier molecular flexibility index (Phi) is 9.35. The van der Waals surface area contributed by atoms with E-state index in [1.165, 1.54) is 24.3 Å². The number of halogens is 5. The fraction of sp³-hybridized carbons (Fsp3) is 0.263. The van der Waals surface area contributed by atoms with Crippen LogP contribution in [-0.2, 0) is 30.6 Å². The lowest BCUT2D eigenvalue weighted by atomic mass is 10.0. The highest BCUT2D eigenvalue weighted by Crippen LogP contribution is 2.34. The number of nitrogens with one attached hydrogen (secondary N) is 2. The summed E-state index contributed by atoms with van der Waals surface area (Å²) in [5, 5.41) is 8.69. The molecule has 5 heterocycles. The molecule has 272 valence electrons. The number of fused-ring (bicyclic) bond motifs is 2. The summed E-state index contributed by atoms with van der Waals surface area (Å²) in [4.78, 5) is 25.1. The van der Waals surface area contributed by atoms with Gasteiger partial charge in [-0.3, -0.25) is 14.8 Å². The van der Waals surface area contributed by atoms with E-state index in [-0.39, 0.29) is 29.2 Å². The Labute approximate surface area is 305 Å². The fourth-order valence-corrected chi connectivity index (χ4v) is 6.70. The van der Waals surface area contributed by atoms with Gasteiger partial charge in [0.15, 0.2) is 5.69 Å². The number of rotatable bonds is 10. The number of carbonyl (C=O) groups is 1. The molecule has 8 rings (SSSR count). The first kappa shape index (κ1) is 34.8. The van der Waals surface area contributed by atoms with E-state index in [4.69, 9.17) is 26.1 Å². The Bertz CT molecular complexity index is 2370. The van der Waals surface area contributed by atoms with Gasteiger partial charge < -0.3 is 19.4 Å². The van der Waals surface area contributed by atoms with Gasteiger partial charge in [-0.15, -0.1) is 0 Å². The molecule has 0 bridgehead atoms. The smallest absolute Gasteiger partial charge is 0.435 e. The molecule has 0 aliphatic carbocycles. The Morgan fingerprint density at radius 2 is 1.94 bits per heavy atom. The quantitative estimate of drug-likeness (QED) is 0.137. The Morgan fingerprint density at radius 1 is 1.08 bits per heavy atom. The largest absolute Gasteiger partial charge is 0.473 e. The minimum Gasteiger partial charge on any atom is -0.473 e. The number of hydrogen-bond donors (Lipinski definition) is 2. The zero-order chi connectivity index (χ0) is 36.7. The van der Waals surface area contributed by atoms with Crippen molar-refractivity contribution in [1.29, 1.82) is 0 Å². The lowest BCUT2D eigenvalue weighted by Crippen LogP contribution is -2.33. The van der Waals surface area contributed by atoms with E-state index in [1.807, 2.05) is 18.2 Å². The van der Waals surface area contributed by atoms with Gasteiger partial charge in [-0.25, -0.2) is 14.4 Å². The van der Waals surface area contributed by atoms with Crippen molar-refractivity contribution in [1.82, 2.24) is 29.6 Å². The van der Waals surface area contributed by atoms with E-state index in [0.717, 1.165) is 48.6 Å². The van der Waals surface area contributed by atoms with Crippen molar-refractivity contribution >= 4 is 50.7 Å². The molecule has 0 radical (unpaired) electrons. The average Bonchev–Trinajstić information content (AvgIpc) is 3.70. The highest BCUT2D eigenvalue weighted by Gasteiger charge is 2.36. The van der Waals surface area contributed by atoms with Crippen molar-refractivity contribution in [3.05, 3.63) is 118 Å². The monoisotopic (exact) mass is 745 g/mol. The van der Waals surface area contributed by atoms with E-state index in [0.29, 0.717) is 47.3 Å². The third-order valence-corrected chi connectivity index (χ3v) is 9.69. The second kappa shape index (κ2) is 14.3. The molecular formula is C38H32ClF4N7O3. The number of carbonyl (C=O) groups excluding carboxylic acids is 1. The highest BCUT2D eigenvalue weighted by molar-refractivity contribution is 6.30. The molecule has 2 aliphatic heterocycles. The molecule has 2 aliphatic rings. The van der Waals surface area contributed by atoms with Crippen molar-refractivity contribution in [2.24, 2.45) is 0 Å². The Balaban J connectivity index is 0.966. The predicted molar refractivity (Wildman–Crippen MR) is 191 cm³/mol. The van der Waals surface area contributed by atoms with Crippen molar-refractivity contribution in [3.8, 4) is 5.88 Å². The van der Waals surface area contributed by atoms with Crippen LogP contribution in [0.4, 0.5) is 23.2 Å². The van der Waals surface area contributed by atoms with Gasteiger partial charge in [-0.2, -0.15) is 18.3 Å². The number of amides is 1. The molecule has 0 unspecified atom stereocenters. The third-order valence-electron chi connectivity index (χ3n) is 9.46. The first-order valence-electron chi connectivity index (χ1n) is 17.0. The van der Waals surface area contributed by atoms with Crippen LogP contribution < -0.4 is 10.1 Å².